The molecule has 0 aliphatic carbocycles. The van der Waals surface area contributed by atoms with E-state index in [9.17, 15) is 4.79 Å². The van der Waals surface area contributed by atoms with Crippen molar-refractivity contribution < 1.29 is 9.53 Å². The number of benzene rings is 2. The second-order valence-corrected chi connectivity index (χ2v) is 9.89. The van der Waals surface area contributed by atoms with Gasteiger partial charge in [-0.1, -0.05) is 36.4 Å². The van der Waals surface area contributed by atoms with E-state index in [2.05, 4.69) is 44.4 Å². The fraction of sp³-hybridized carbons (Fsp3) is 0.400. The SMILES string of the molecule is COc1cccc(CNC(=O)c2cccc(-c3cccc(CN4CCC(N5CCCC5)CC4)c3)n2)c1. The van der Waals surface area contributed by atoms with Crippen molar-refractivity contribution in [3.8, 4) is 17.0 Å². The van der Waals surface area contributed by atoms with E-state index in [1.165, 1.54) is 44.3 Å². The molecular weight excluding hydrogens is 448 g/mol. The molecule has 0 unspecified atom stereocenters. The van der Waals surface area contributed by atoms with Crippen LogP contribution in [0.15, 0.2) is 66.7 Å². The summed E-state index contributed by atoms with van der Waals surface area (Å²) in [6.07, 6.45) is 5.28. The van der Waals surface area contributed by atoms with Crippen LogP contribution in [0.2, 0.25) is 0 Å². The summed E-state index contributed by atoms with van der Waals surface area (Å²) in [7, 11) is 1.64. The minimum absolute atomic E-state index is 0.184. The lowest BCUT2D eigenvalue weighted by molar-refractivity contribution is 0.0946. The molecule has 0 atom stereocenters. The molecule has 0 saturated carbocycles. The Bertz CT molecular complexity index is 1170. The summed E-state index contributed by atoms with van der Waals surface area (Å²) in [4.78, 5) is 22.7. The van der Waals surface area contributed by atoms with Crippen LogP contribution in [0.1, 0.15) is 47.3 Å². The summed E-state index contributed by atoms with van der Waals surface area (Å²) in [6, 6.07) is 22.7. The number of nitrogens with one attached hydrogen (secondary N) is 1. The van der Waals surface area contributed by atoms with E-state index in [0.29, 0.717) is 12.2 Å². The van der Waals surface area contributed by atoms with Crippen molar-refractivity contribution in [1.29, 1.82) is 0 Å². The molecule has 6 nitrogen and oxygen atoms in total. The van der Waals surface area contributed by atoms with Gasteiger partial charge in [0.25, 0.3) is 5.91 Å². The summed E-state index contributed by atoms with van der Waals surface area (Å²) in [5.74, 6) is 0.592. The van der Waals surface area contributed by atoms with E-state index < -0.39 is 0 Å². The average molecular weight is 485 g/mol. The highest BCUT2D eigenvalue weighted by Crippen LogP contribution is 2.24. The standard InChI is InChI=1S/C30H36N4O2/c1-36-27-10-5-7-23(20-27)21-31-30(35)29-12-6-11-28(32-29)25-9-4-8-24(19-25)22-33-17-13-26(14-18-33)34-15-2-3-16-34/h4-12,19-20,26H,2-3,13-18,21-22H2,1H3,(H,31,35). The third-order valence-electron chi connectivity index (χ3n) is 7.41. The van der Waals surface area contributed by atoms with Gasteiger partial charge in [-0.3, -0.25) is 9.69 Å². The molecule has 3 aromatic rings. The van der Waals surface area contributed by atoms with Gasteiger partial charge in [0.2, 0.25) is 0 Å². The van der Waals surface area contributed by atoms with E-state index in [1.54, 1.807) is 13.2 Å². The average Bonchev–Trinajstić information content (AvgIpc) is 3.48. The Hall–Kier alpha value is -3.22. The number of methoxy groups -OCH3 is 1. The Balaban J connectivity index is 1.19. The summed E-state index contributed by atoms with van der Waals surface area (Å²) in [5, 5.41) is 2.97. The van der Waals surface area contributed by atoms with Crippen LogP contribution in [0.25, 0.3) is 11.3 Å². The molecule has 36 heavy (non-hydrogen) atoms. The van der Waals surface area contributed by atoms with E-state index in [1.807, 2.05) is 36.4 Å². The highest BCUT2D eigenvalue weighted by molar-refractivity contribution is 5.92. The third-order valence-corrected chi connectivity index (χ3v) is 7.41. The predicted octanol–water partition coefficient (Wildman–Crippen LogP) is 4.75. The van der Waals surface area contributed by atoms with Gasteiger partial charge in [-0.2, -0.15) is 0 Å². The van der Waals surface area contributed by atoms with Gasteiger partial charge in [-0.05, 0) is 93.3 Å². The smallest absolute Gasteiger partial charge is 0.270 e. The van der Waals surface area contributed by atoms with Crippen molar-refractivity contribution in [2.24, 2.45) is 0 Å². The minimum atomic E-state index is -0.184. The number of ether oxygens (including phenoxy) is 1. The van der Waals surface area contributed by atoms with E-state index in [4.69, 9.17) is 4.74 Å². The molecule has 0 spiro atoms. The van der Waals surface area contributed by atoms with E-state index >= 15 is 0 Å². The van der Waals surface area contributed by atoms with Crippen molar-refractivity contribution in [3.63, 3.8) is 0 Å². The molecule has 2 aromatic carbocycles. The summed E-state index contributed by atoms with van der Waals surface area (Å²) in [6.45, 7) is 6.28. The van der Waals surface area contributed by atoms with Gasteiger partial charge in [-0.25, -0.2) is 4.98 Å². The topological polar surface area (TPSA) is 57.7 Å². The molecule has 2 fully saturated rings. The van der Waals surface area contributed by atoms with Crippen LogP contribution < -0.4 is 10.1 Å². The van der Waals surface area contributed by atoms with Gasteiger partial charge in [0.15, 0.2) is 0 Å². The van der Waals surface area contributed by atoms with Crippen LogP contribution in [-0.4, -0.2) is 60.0 Å². The van der Waals surface area contributed by atoms with Crippen LogP contribution in [0.5, 0.6) is 5.75 Å². The Morgan fingerprint density at radius 1 is 0.944 bits per heavy atom. The summed E-state index contributed by atoms with van der Waals surface area (Å²) < 4.78 is 5.26. The van der Waals surface area contributed by atoms with Gasteiger partial charge in [0.05, 0.1) is 12.8 Å². The molecular formula is C30H36N4O2. The fourth-order valence-corrected chi connectivity index (χ4v) is 5.41. The molecule has 3 heterocycles. The van der Waals surface area contributed by atoms with E-state index in [0.717, 1.165) is 48.2 Å². The lowest BCUT2D eigenvalue weighted by Crippen LogP contribution is -2.43. The maximum absolute atomic E-state index is 12.8. The first-order chi connectivity index (χ1) is 17.7. The van der Waals surface area contributed by atoms with Crippen molar-refractivity contribution in [1.82, 2.24) is 20.1 Å². The molecule has 2 aliphatic rings. The Morgan fingerprint density at radius 3 is 2.50 bits per heavy atom. The first-order valence-corrected chi connectivity index (χ1v) is 13.1. The largest absolute Gasteiger partial charge is 0.497 e. The summed E-state index contributed by atoms with van der Waals surface area (Å²) >= 11 is 0. The fourth-order valence-electron chi connectivity index (χ4n) is 5.41. The van der Waals surface area contributed by atoms with Gasteiger partial charge >= 0.3 is 0 Å². The van der Waals surface area contributed by atoms with Gasteiger partial charge in [0.1, 0.15) is 11.4 Å². The maximum Gasteiger partial charge on any atom is 0.270 e. The summed E-state index contributed by atoms with van der Waals surface area (Å²) in [5.41, 5.74) is 4.56. The van der Waals surface area contributed by atoms with E-state index in [-0.39, 0.29) is 5.91 Å². The number of piperidine rings is 1. The van der Waals surface area contributed by atoms with Crippen molar-refractivity contribution in [2.75, 3.05) is 33.3 Å². The van der Waals surface area contributed by atoms with Crippen molar-refractivity contribution in [3.05, 3.63) is 83.6 Å². The number of carbonyl (C=O) groups is 1. The molecule has 188 valence electrons. The number of rotatable bonds is 8. The van der Waals surface area contributed by atoms with Crippen molar-refractivity contribution >= 4 is 5.91 Å². The normalized spacial score (nSPS) is 17.2. The third kappa shape index (κ3) is 6.12. The highest BCUT2D eigenvalue weighted by Gasteiger charge is 2.26. The molecule has 0 radical (unpaired) electrons. The van der Waals surface area contributed by atoms with Gasteiger partial charge in [0, 0.05) is 24.7 Å². The molecule has 5 rings (SSSR count). The van der Waals surface area contributed by atoms with Crippen LogP contribution in [0, 0.1) is 0 Å². The second-order valence-electron chi connectivity index (χ2n) is 9.89. The monoisotopic (exact) mass is 484 g/mol. The Morgan fingerprint density at radius 2 is 1.69 bits per heavy atom. The molecule has 2 saturated heterocycles. The van der Waals surface area contributed by atoms with Crippen molar-refractivity contribution in [2.45, 2.75) is 44.8 Å². The van der Waals surface area contributed by atoms with Crippen LogP contribution in [0.3, 0.4) is 0 Å². The van der Waals surface area contributed by atoms with Gasteiger partial charge < -0.3 is 15.0 Å². The maximum atomic E-state index is 12.8. The minimum Gasteiger partial charge on any atom is -0.497 e. The van der Waals surface area contributed by atoms with Crippen LogP contribution in [0.4, 0.5) is 0 Å². The molecule has 2 aliphatic heterocycles. The number of nitrogens with zero attached hydrogens (tertiary/aromatic N) is 3. The zero-order valence-corrected chi connectivity index (χ0v) is 21.2. The second kappa shape index (κ2) is 11.7. The van der Waals surface area contributed by atoms with Gasteiger partial charge in [-0.15, -0.1) is 0 Å². The molecule has 0 bridgehead atoms. The Kier molecular flexibility index (Phi) is 7.94. The first-order valence-electron chi connectivity index (χ1n) is 13.1. The Labute approximate surface area is 214 Å². The zero-order valence-electron chi connectivity index (χ0n) is 21.2. The number of hydrogen-bond donors (Lipinski definition) is 1. The number of carbonyl (C=O) groups excluding carboxylic acids is 1. The predicted molar refractivity (Wildman–Crippen MR) is 143 cm³/mol. The quantitative estimate of drug-likeness (QED) is 0.500. The molecule has 6 heteroatoms. The number of amides is 1. The molecule has 1 aromatic heterocycles. The zero-order chi connectivity index (χ0) is 24.7. The molecule has 1 N–H and O–H groups in total. The highest BCUT2D eigenvalue weighted by atomic mass is 16.5. The van der Waals surface area contributed by atoms with Crippen LogP contribution in [-0.2, 0) is 13.1 Å². The first kappa shape index (κ1) is 24.5. The lowest BCUT2D eigenvalue weighted by atomic mass is 10.0. The number of pyridine rings is 1. The number of aromatic nitrogens is 1. The number of hydrogen-bond acceptors (Lipinski definition) is 5. The molecule has 1 amide bonds. The lowest BCUT2D eigenvalue weighted by Gasteiger charge is -2.36. The van der Waals surface area contributed by atoms with Crippen LogP contribution >= 0.6 is 0 Å². The number of likely N-dealkylation sites (tertiary alicyclic amines) is 2.